The molecule has 4 heteroatoms. The van der Waals surface area contributed by atoms with Crippen LogP contribution in [0.4, 0.5) is 0 Å². The summed E-state index contributed by atoms with van der Waals surface area (Å²) in [5.41, 5.74) is 11.1. The van der Waals surface area contributed by atoms with Crippen molar-refractivity contribution in [2.24, 2.45) is 0 Å². The second kappa shape index (κ2) is 13.6. The molecule has 266 valence electrons. The maximum absolute atomic E-state index is 6.81. The zero-order chi connectivity index (χ0) is 37.7. The summed E-state index contributed by atoms with van der Waals surface area (Å²) in [7, 11) is 0. The van der Waals surface area contributed by atoms with Crippen LogP contribution in [0.25, 0.3) is 111 Å². The first-order chi connectivity index (χ1) is 28.3. The number of para-hydroxylation sites is 1. The smallest absolute Gasteiger partial charge is 0.164 e. The molecule has 9 aromatic carbocycles. The summed E-state index contributed by atoms with van der Waals surface area (Å²) in [6.45, 7) is 0. The number of hydrogen-bond acceptors (Lipinski definition) is 4. The van der Waals surface area contributed by atoms with Crippen LogP contribution in [-0.2, 0) is 0 Å². The molecule has 4 nitrogen and oxygen atoms in total. The van der Waals surface area contributed by atoms with Crippen LogP contribution in [0, 0.1) is 0 Å². The third-order valence-corrected chi connectivity index (χ3v) is 11.0. The SMILES string of the molecule is c1ccc(-c2ccc(-c3nc(-c4cc5ccccc5c5ccccc45)nc(-c4cccc5oc6c(-c7ccccc7-c7ccccc7)cccc6c45)n3)cc2)cc1. The van der Waals surface area contributed by atoms with Crippen molar-refractivity contribution in [1.29, 1.82) is 0 Å². The van der Waals surface area contributed by atoms with Gasteiger partial charge in [0, 0.05) is 33.0 Å². The van der Waals surface area contributed by atoms with E-state index in [1.807, 2.05) is 24.3 Å². The molecule has 0 aliphatic carbocycles. The van der Waals surface area contributed by atoms with Crippen molar-refractivity contribution in [3.05, 3.63) is 200 Å². The van der Waals surface area contributed by atoms with Gasteiger partial charge in [-0.1, -0.05) is 188 Å². The fraction of sp³-hybridized carbons (Fsp3) is 0. The van der Waals surface area contributed by atoms with Crippen LogP contribution >= 0.6 is 0 Å². The van der Waals surface area contributed by atoms with E-state index in [-0.39, 0.29) is 0 Å². The Morgan fingerprint density at radius 1 is 0.298 bits per heavy atom. The highest BCUT2D eigenvalue weighted by atomic mass is 16.3. The Bertz CT molecular complexity index is 3280. The predicted octanol–water partition coefficient (Wildman–Crippen LogP) is 14.1. The molecule has 57 heavy (non-hydrogen) atoms. The third kappa shape index (κ3) is 5.66. The maximum Gasteiger partial charge on any atom is 0.164 e. The monoisotopic (exact) mass is 727 g/mol. The number of fused-ring (bicyclic) bond motifs is 6. The van der Waals surface area contributed by atoms with Gasteiger partial charge in [-0.25, -0.2) is 15.0 Å². The normalized spacial score (nSPS) is 11.5. The van der Waals surface area contributed by atoms with Crippen LogP contribution in [0.2, 0.25) is 0 Å². The van der Waals surface area contributed by atoms with Crippen molar-refractivity contribution in [1.82, 2.24) is 15.0 Å². The highest BCUT2D eigenvalue weighted by molar-refractivity contribution is 6.16. The zero-order valence-corrected chi connectivity index (χ0v) is 30.8. The predicted molar refractivity (Wildman–Crippen MR) is 235 cm³/mol. The van der Waals surface area contributed by atoms with Crippen LogP contribution < -0.4 is 0 Å². The van der Waals surface area contributed by atoms with Crippen molar-refractivity contribution in [3.63, 3.8) is 0 Å². The first-order valence-corrected chi connectivity index (χ1v) is 19.2. The largest absolute Gasteiger partial charge is 0.455 e. The number of rotatable bonds is 6. The van der Waals surface area contributed by atoms with Crippen LogP contribution in [0.3, 0.4) is 0 Å². The lowest BCUT2D eigenvalue weighted by atomic mass is 9.93. The topological polar surface area (TPSA) is 51.8 Å². The Hall–Kier alpha value is -7.69. The van der Waals surface area contributed by atoms with E-state index in [9.17, 15) is 0 Å². The molecular weight excluding hydrogens is 695 g/mol. The van der Waals surface area contributed by atoms with E-state index in [0.717, 1.165) is 88.2 Å². The number of hydrogen-bond donors (Lipinski definition) is 0. The first kappa shape index (κ1) is 32.7. The maximum atomic E-state index is 6.81. The molecule has 2 heterocycles. The summed E-state index contributed by atoms with van der Waals surface area (Å²) in [5, 5.41) is 6.56. The summed E-state index contributed by atoms with van der Waals surface area (Å²) in [6.07, 6.45) is 0. The Labute approximate surface area is 329 Å². The molecular formula is C53H33N3O. The fourth-order valence-electron chi connectivity index (χ4n) is 8.26. The highest BCUT2D eigenvalue weighted by Crippen LogP contribution is 2.43. The lowest BCUT2D eigenvalue weighted by molar-refractivity contribution is 0.670. The standard InChI is InChI=1S/C53H33N3O/c1-3-15-34(16-4-1)35-29-31-37(32-30-35)51-54-52(56-53(55-51)47-33-38-19-7-8-21-40(38)41-22-11-12-24-43(41)47)46-27-14-28-48-49(46)45-26-13-25-44(50(45)57-48)42-23-10-9-20-39(42)36-17-5-2-6-18-36/h1-33H. The van der Waals surface area contributed by atoms with Gasteiger partial charge in [-0.15, -0.1) is 0 Å². The van der Waals surface area contributed by atoms with Crippen molar-refractivity contribution in [2.75, 3.05) is 0 Å². The van der Waals surface area contributed by atoms with Gasteiger partial charge in [0.2, 0.25) is 0 Å². The van der Waals surface area contributed by atoms with Crippen molar-refractivity contribution in [3.8, 4) is 67.5 Å². The number of nitrogens with zero attached hydrogens (tertiary/aromatic N) is 3. The van der Waals surface area contributed by atoms with E-state index in [0.29, 0.717) is 17.5 Å². The van der Waals surface area contributed by atoms with Crippen molar-refractivity contribution in [2.45, 2.75) is 0 Å². The molecule has 0 spiro atoms. The van der Waals surface area contributed by atoms with Crippen LogP contribution in [0.1, 0.15) is 0 Å². The van der Waals surface area contributed by atoms with Gasteiger partial charge < -0.3 is 4.42 Å². The van der Waals surface area contributed by atoms with Crippen LogP contribution in [0.5, 0.6) is 0 Å². The van der Waals surface area contributed by atoms with Gasteiger partial charge in [0.25, 0.3) is 0 Å². The third-order valence-electron chi connectivity index (χ3n) is 11.0. The van der Waals surface area contributed by atoms with Crippen molar-refractivity contribution < 1.29 is 4.42 Å². The average Bonchev–Trinajstić information content (AvgIpc) is 3.69. The minimum Gasteiger partial charge on any atom is -0.455 e. The van der Waals surface area contributed by atoms with Gasteiger partial charge in [0.15, 0.2) is 17.5 Å². The molecule has 0 aliphatic heterocycles. The molecule has 11 rings (SSSR count). The van der Waals surface area contributed by atoms with Gasteiger partial charge in [-0.05, 0) is 61.5 Å². The minimum atomic E-state index is 0.586. The molecule has 11 aromatic rings. The van der Waals surface area contributed by atoms with E-state index in [1.54, 1.807) is 0 Å². The molecule has 0 radical (unpaired) electrons. The van der Waals surface area contributed by atoms with E-state index >= 15 is 0 Å². The fourth-order valence-corrected chi connectivity index (χ4v) is 8.26. The second-order valence-corrected chi connectivity index (χ2v) is 14.3. The van der Waals surface area contributed by atoms with E-state index < -0.39 is 0 Å². The Morgan fingerprint density at radius 3 is 1.61 bits per heavy atom. The average molecular weight is 728 g/mol. The molecule has 0 unspecified atom stereocenters. The molecule has 0 saturated carbocycles. The van der Waals surface area contributed by atoms with Gasteiger partial charge in [-0.2, -0.15) is 0 Å². The summed E-state index contributed by atoms with van der Waals surface area (Å²) in [6, 6.07) is 69.7. The van der Waals surface area contributed by atoms with E-state index in [1.165, 1.54) is 5.39 Å². The summed E-state index contributed by atoms with van der Waals surface area (Å²) in [5.74, 6) is 1.81. The molecule has 0 atom stereocenters. The Morgan fingerprint density at radius 2 is 0.825 bits per heavy atom. The van der Waals surface area contributed by atoms with Gasteiger partial charge >= 0.3 is 0 Å². The second-order valence-electron chi connectivity index (χ2n) is 14.3. The van der Waals surface area contributed by atoms with Crippen molar-refractivity contribution >= 4 is 43.5 Å². The van der Waals surface area contributed by atoms with Gasteiger partial charge in [0.1, 0.15) is 11.2 Å². The number of aromatic nitrogens is 3. The highest BCUT2D eigenvalue weighted by Gasteiger charge is 2.21. The molecule has 0 saturated heterocycles. The zero-order valence-electron chi connectivity index (χ0n) is 30.8. The minimum absolute atomic E-state index is 0.586. The summed E-state index contributed by atoms with van der Waals surface area (Å²) in [4.78, 5) is 15.8. The van der Waals surface area contributed by atoms with E-state index in [4.69, 9.17) is 19.4 Å². The van der Waals surface area contributed by atoms with Crippen LogP contribution in [0.15, 0.2) is 205 Å². The van der Waals surface area contributed by atoms with Gasteiger partial charge in [-0.3, -0.25) is 0 Å². The summed E-state index contributed by atoms with van der Waals surface area (Å²) >= 11 is 0. The molecule has 0 fully saturated rings. The molecule has 0 bridgehead atoms. The lowest BCUT2D eigenvalue weighted by Crippen LogP contribution is -2.01. The lowest BCUT2D eigenvalue weighted by Gasteiger charge is -2.13. The molecule has 2 aromatic heterocycles. The Kier molecular flexibility index (Phi) is 7.78. The summed E-state index contributed by atoms with van der Waals surface area (Å²) < 4.78 is 6.81. The molecule has 0 aliphatic rings. The number of benzene rings is 9. The van der Waals surface area contributed by atoms with E-state index in [2.05, 4.69) is 176 Å². The van der Waals surface area contributed by atoms with Gasteiger partial charge in [0.05, 0.1) is 0 Å². The first-order valence-electron chi connectivity index (χ1n) is 19.2. The Balaban J connectivity index is 1.14. The molecule has 0 amide bonds. The van der Waals surface area contributed by atoms with Crippen LogP contribution in [-0.4, -0.2) is 15.0 Å². The number of furan rings is 1. The quantitative estimate of drug-likeness (QED) is 0.160. The molecule has 0 N–H and O–H groups in total.